The van der Waals surface area contributed by atoms with Gasteiger partial charge in [0.1, 0.15) is 5.75 Å². The summed E-state index contributed by atoms with van der Waals surface area (Å²) in [6.07, 6.45) is 5.27. The quantitative estimate of drug-likeness (QED) is 0.867. The zero-order valence-electron chi connectivity index (χ0n) is 12.3. The highest BCUT2D eigenvalue weighted by Gasteiger charge is 2.16. The lowest BCUT2D eigenvalue weighted by molar-refractivity contribution is 0.210. The zero-order valence-corrected chi connectivity index (χ0v) is 12.3. The molecule has 0 heterocycles. The number of rotatable bonds is 5. The summed E-state index contributed by atoms with van der Waals surface area (Å²) in [5.41, 5.74) is 1.07. The van der Waals surface area contributed by atoms with Crippen LogP contribution in [0.15, 0.2) is 24.3 Å². The number of hydrogen-bond donors (Lipinski definition) is 2. The van der Waals surface area contributed by atoms with Gasteiger partial charge in [-0.2, -0.15) is 0 Å². The van der Waals surface area contributed by atoms with Gasteiger partial charge in [-0.25, -0.2) is 4.79 Å². The van der Waals surface area contributed by atoms with Gasteiger partial charge in [0.25, 0.3) is 0 Å². The molecule has 1 aliphatic carbocycles. The summed E-state index contributed by atoms with van der Waals surface area (Å²) in [4.78, 5) is 11.5. The minimum Gasteiger partial charge on any atom is -0.490 e. The van der Waals surface area contributed by atoms with Crippen LogP contribution in [0.4, 0.5) is 4.79 Å². The summed E-state index contributed by atoms with van der Waals surface area (Å²) < 4.78 is 5.91. The molecule has 2 rings (SSSR count). The molecular weight excluding hydrogens is 252 g/mol. The van der Waals surface area contributed by atoms with Gasteiger partial charge in [-0.05, 0) is 57.2 Å². The number of benzene rings is 1. The Morgan fingerprint density at radius 2 is 1.90 bits per heavy atom. The summed E-state index contributed by atoms with van der Waals surface area (Å²) in [6.45, 7) is 4.41. The van der Waals surface area contributed by atoms with E-state index >= 15 is 0 Å². The maximum absolute atomic E-state index is 11.5. The Bertz CT molecular complexity index is 423. The van der Waals surface area contributed by atoms with Crippen LogP contribution >= 0.6 is 0 Å². The molecule has 0 radical (unpaired) electrons. The standard InChI is InChI=1S/C16H24N2O2/c1-12(2)18-16(19)17-11-13-7-9-15(10-8-13)20-14-5-3-4-6-14/h7-10,12,14H,3-6,11H2,1-2H3,(H2,17,18,19). The number of nitrogens with one attached hydrogen (secondary N) is 2. The van der Waals surface area contributed by atoms with Gasteiger partial charge >= 0.3 is 6.03 Å². The molecule has 2 amide bonds. The molecule has 0 saturated heterocycles. The predicted octanol–water partition coefficient (Wildman–Crippen LogP) is 3.22. The van der Waals surface area contributed by atoms with E-state index in [9.17, 15) is 4.79 Å². The van der Waals surface area contributed by atoms with E-state index in [2.05, 4.69) is 10.6 Å². The third-order valence-electron chi connectivity index (χ3n) is 3.40. The molecule has 20 heavy (non-hydrogen) atoms. The molecule has 4 nitrogen and oxygen atoms in total. The Balaban J connectivity index is 1.77. The Hall–Kier alpha value is -1.71. The van der Waals surface area contributed by atoms with E-state index in [0.29, 0.717) is 12.6 Å². The van der Waals surface area contributed by atoms with E-state index in [1.54, 1.807) is 0 Å². The van der Waals surface area contributed by atoms with Crippen LogP contribution in [0.1, 0.15) is 45.1 Å². The van der Waals surface area contributed by atoms with Crippen LogP contribution in [0.5, 0.6) is 5.75 Å². The predicted molar refractivity (Wildman–Crippen MR) is 79.8 cm³/mol. The van der Waals surface area contributed by atoms with Crippen LogP contribution in [0, 0.1) is 0 Å². The first-order chi connectivity index (χ1) is 9.63. The van der Waals surface area contributed by atoms with Gasteiger partial charge in [0.15, 0.2) is 0 Å². The summed E-state index contributed by atoms with van der Waals surface area (Å²) in [7, 11) is 0. The molecular formula is C16H24N2O2. The maximum atomic E-state index is 11.5. The van der Waals surface area contributed by atoms with E-state index < -0.39 is 0 Å². The summed E-state index contributed by atoms with van der Waals surface area (Å²) >= 11 is 0. The van der Waals surface area contributed by atoms with E-state index in [0.717, 1.165) is 11.3 Å². The van der Waals surface area contributed by atoms with Crippen LogP contribution in [0.3, 0.4) is 0 Å². The molecule has 0 bridgehead atoms. The van der Waals surface area contributed by atoms with Crippen LogP contribution in [-0.4, -0.2) is 18.2 Å². The number of amides is 2. The second-order valence-electron chi connectivity index (χ2n) is 5.65. The highest BCUT2D eigenvalue weighted by atomic mass is 16.5. The van der Waals surface area contributed by atoms with Gasteiger partial charge in [-0.3, -0.25) is 0 Å². The SMILES string of the molecule is CC(C)NC(=O)NCc1ccc(OC2CCCC2)cc1. The van der Waals surface area contributed by atoms with Gasteiger partial charge in [-0.15, -0.1) is 0 Å². The minimum absolute atomic E-state index is 0.133. The smallest absolute Gasteiger partial charge is 0.315 e. The number of carbonyl (C=O) groups is 1. The van der Waals surface area contributed by atoms with Crippen LogP contribution in [0.25, 0.3) is 0 Å². The molecule has 1 saturated carbocycles. The normalized spacial score (nSPS) is 15.3. The first kappa shape index (κ1) is 14.7. The van der Waals surface area contributed by atoms with Crippen LogP contribution < -0.4 is 15.4 Å². The fourth-order valence-electron chi connectivity index (χ4n) is 2.38. The van der Waals surface area contributed by atoms with Gasteiger partial charge in [-0.1, -0.05) is 12.1 Å². The highest BCUT2D eigenvalue weighted by molar-refractivity contribution is 5.74. The summed E-state index contributed by atoms with van der Waals surface area (Å²) in [5.74, 6) is 0.923. The van der Waals surface area contributed by atoms with Crippen molar-refractivity contribution >= 4 is 6.03 Å². The van der Waals surface area contributed by atoms with E-state index in [1.165, 1.54) is 25.7 Å². The number of carbonyl (C=O) groups excluding carboxylic acids is 1. The molecule has 1 aromatic carbocycles. The maximum Gasteiger partial charge on any atom is 0.315 e. The average Bonchev–Trinajstić information content (AvgIpc) is 2.90. The molecule has 2 N–H and O–H groups in total. The van der Waals surface area contributed by atoms with Crippen molar-refractivity contribution in [3.8, 4) is 5.75 Å². The van der Waals surface area contributed by atoms with Crippen molar-refractivity contribution in [1.29, 1.82) is 0 Å². The topological polar surface area (TPSA) is 50.4 Å². The third kappa shape index (κ3) is 4.76. The lowest BCUT2D eigenvalue weighted by Crippen LogP contribution is -2.39. The summed E-state index contributed by atoms with van der Waals surface area (Å²) in [6, 6.07) is 7.98. The molecule has 0 aliphatic heterocycles. The lowest BCUT2D eigenvalue weighted by atomic mass is 10.2. The Morgan fingerprint density at radius 1 is 1.25 bits per heavy atom. The molecule has 1 fully saturated rings. The molecule has 0 unspecified atom stereocenters. The lowest BCUT2D eigenvalue weighted by Gasteiger charge is -2.13. The van der Waals surface area contributed by atoms with Crippen molar-refractivity contribution in [3.05, 3.63) is 29.8 Å². The van der Waals surface area contributed by atoms with Crippen molar-refractivity contribution in [3.63, 3.8) is 0 Å². The molecule has 110 valence electrons. The monoisotopic (exact) mass is 276 g/mol. The van der Waals surface area contributed by atoms with Gasteiger partial charge in [0, 0.05) is 12.6 Å². The highest BCUT2D eigenvalue weighted by Crippen LogP contribution is 2.24. The van der Waals surface area contributed by atoms with E-state index in [4.69, 9.17) is 4.74 Å². The molecule has 0 spiro atoms. The van der Waals surface area contributed by atoms with Gasteiger partial charge < -0.3 is 15.4 Å². The largest absolute Gasteiger partial charge is 0.490 e. The third-order valence-corrected chi connectivity index (χ3v) is 3.40. The zero-order chi connectivity index (χ0) is 14.4. The Kier molecular flexibility index (Phi) is 5.27. The number of ether oxygens (including phenoxy) is 1. The molecule has 0 aromatic heterocycles. The van der Waals surface area contributed by atoms with E-state index in [1.807, 2.05) is 38.1 Å². The Morgan fingerprint density at radius 3 is 2.50 bits per heavy atom. The second kappa shape index (κ2) is 7.17. The Labute approximate surface area is 120 Å². The first-order valence-electron chi connectivity index (χ1n) is 7.43. The van der Waals surface area contributed by atoms with Crippen LogP contribution in [-0.2, 0) is 6.54 Å². The van der Waals surface area contributed by atoms with Crippen molar-refractivity contribution in [2.24, 2.45) is 0 Å². The molecule has 4 heteroatoms. The van der Waals surface area contributed by atoms with Crippen molar-refractivity contribution in [1.82, 2.24) is 10.6 Å². The fraction of sp³-hybridized carbons (Fsp3) is 0.562. The molecule has 1 aliphatic rings. The van der Waals surface area contributed by atoms with Gasteiger partial charge in [0.05, 0.1) is 6.10 Å². The van der Waals surface area contributed by atoms with Crippen LogP contribution in [0.2, 0.25) is 0 Å². The molecule has 0 atom stereocenters. The minimum atomic E-state index is -0.133. The number of hydrogen-bond acceptors (Lipinski definition) is 2. The van der Waals surface area contributed by atoms with Gasteiger partial charge in [0.2, 0.25) is 0 Å². The second-order valence-corrected chi connectivity index (χ2v) is 5.65. The first-order valence-corrected chi connectivity index (χ1v) is 7.43. The average molecular weight is 276 g/mol. The van der Waals surface area contributed by atoms with E-state index in [-0.39, 0.29) is 12.1 Å². The van der Waals surface area contributed by atoms with Crippen molar-refractivity contribution in [2.45, 2.75) is 58.2 Å². The van der Waals surface area contributed by atoms with Crippen molar-refractivity contribution in [2.75, 3.05) is 0 Å². The van der Waals surface area contributed by atoms with Crippen molar-refractivity contribution < 1.29 is 9.53 Å². The number of urea groups is 1. The fourth-order valence-corrected chi connectivity index (χ4v) is 2.38. The molecule has 1 aromatic rings. The summed E-state index contributed by atoms with van der Waals surface area (Å²) in [5, 5.41) is 5.63.